The number of rotatable bonds is 2. The maximum atomic E-state index is 12.2. The lowest BCUT2D eigenvalue weighted by molar-refractivity contribution is -0.0686. The number of nitrogens with two attached hydrogens (primary N) is 1. The zero-order valence-corrected chi connectivity index (χ0v) is 7.64. The Morgan fingerprint density at radius 2 is 1.53 bits per heavy atom. The van der Waals surface area contributed by atoms with E-state index in [1.54, 1.807) is 0 Å². The second-order valence-corrected chi connectivity index (χ2v) is 2.92. The highest BCUT2D eigenvalue weighted by Crippen LogP contribution is 2.31. The molecule has 5 heteroatoms. The van der Waals surface area contributed by atoms with Crippen molar-refractivity contribution in [1.29, 1.82) is 0 Å². The molecule has 0 unspecified atom stereocenters. The lowest BCUT2D eigenvalue weighted by Gasteiger charge is -2.09. The number of alkyl halides is 3. The van der Waals surface area contributed by atoms with Crippen LogP contribution in [0.3, 0.4) is 0 Å². The molecule has 15 heavy (non-hydrogen) atoms. The molecule has 0 bridgehead atoms. The van der Waals surface area contributed by atoms with E-state index in [9.17, 15) is 18.0 Å². The van der Waals surface area contributed by atoms with Crippen molar-refractivity contribution in [2.24, 2.45) is 5.73 Å². The van der Waals surface area contributed by atoms with Crippen LogP contribution in [-0.4, -0.2) is 12.1 Å². The van der Waals surface area contributed by atoms with Crippen molar-refractivity contribution in [1.82, 2.24) is 0 Å². The molecular formula is C10H8F3NO. The van der Waals surface area contributed by atoms with E-state index >= 15 is 0 Å². The molecule has 1 amide bonds. The topological polar surface area (TPSA) is 43.1 Å². The van der Waals surface area contributed by atoms with Crippen LogP contribution in [0, 0.1) is 0 Å². The molecule has 0 aliphatic rings. The van der Waals surface area contributed by atoms with Crippen molar-refractivity contribution in [3.05, 3.63) is 42.0 Å². The first-order valence-electron chi connectivity index (χ1n) is 3.98. The monoisotopic (exact) mass is 215 g/mol. The summed E-state index contributed by atoms with van der Waals surface area (Å²) < 4.78 is 36.6. The van der Waals surface area contributed by atoms with Gasteiger partial charge < -0.3 is 5.73 Å². The van der Waals surface area contributed by atoms with Gasteiger partial charge in [0.05, 0.1) is 5.57 Å². The normalized spacial score (nSPS) is 11.1. The Morgan fingerprint density at radius 1 is 1.13 bits per heavy atom. The average Bonchev–Trinajstić information content (AvgIpc) is 2.15. The SMILES string of the molecule is C=C(c1ccc(C(N)=O)cc1)C(F)(F)F. The highest BCUT2D eigenvalue weighted by atomic mass is 19.4. The number of amides is 1. The molecule has 0 aromatic heterocycles. The summed E-state index contributed by atoms with van der Waals surface area (Å²) >= 11 is 0. The third-order valence-corrected chi connectivity index (χ3v) is 1.86. The third-order valence-electron chi connectivity index (χ3n) is 1.86. The van der Waals surface area contributed by atoms with Gasteiger partial charge >= 0.3 is 6.18 Å². The van der Waals surface area contributed by atoms with E-state index in [4.69, 9.17) is 5.73 Å². The highest BCUT2D eigenvalue weighted by molar-refractivity contribution is 5.93. The Labute approximate surface area is 84.2 Å². The highest BCUT2D eigenvalue weighted by Gasteiger charge is 2.32. The molecule has 2 N–H and O–H groups in total. The summed E-state index contributed by atoms with van der Waals surface area (Å²) in [6.45, 7) is 2.93. The van der Waals surface area contributed by atoms with Crippen molar-refractivity contribution < 1.29 is 18.0 Å². The minimum absolute atomic E-state index is 0.0764. The van der Waals surface area contributed by atoms with Crippen LogP contribution >= 0.6 is 0 Å². The van der Waals surface area contributed by atoms with Gasteiger partial charge in [-0.1, -0.05) is 18.7 Å². The molecule has 1 aromatic carbocycles. The van der Waals surface area contributed by atoms with Gasteiger partial charge in [-0.25, -0.2) is 0 Å². The summed E-state index contributed by atoms with van der Waals surface area (Å²) in [5, 5.41) is 0. The number of carbonyl (C=O) groups excluding carboxylic acids is 1. The number of benzene rings is 1. The first kappa shape index (κ1) is 11.3. The summed E-state index contributed by atoms with van der Waals surface area (Å²) in [5.41, 5.74) is 4.08. The molecular weight excluding hydrogens is 207 g/mol. The molecule has 0 radical (unpaired) electrons. The lowest BCUT2D eigenvalue weighted by atomic mass is 10.1. The van der Waals surface area contributed by atoms with Gasteiger partial charge in [-0.3, -0.25) is 4.79 Å². The van der Waals surface area contributed by atoms with Crippen LogP contribution in [0.4, 0.5) is 13.2 Å². The minimum Gasteiger partial charge on any atom is -0.366 e. The third kappa shape index (κ3) is 2.59. The fourth-order valence-electron chi connectivity index (χ4n) is 0.999. The maximum Gasteiger partial charge on any atom is 0.416 e. The number of primary amides is 1. The van der Waals surface area contributed by atoms with Crippen LogP contribution in [-0.2, 0) is 0 Å². The van der Waals surface area contributed by atoms with Gasteiger partial charge in [-0.05, 0) is 17.7 Å². The maximum absolute atomic E-state index is 12.2. The van der Waals surface area contributed by atoms with E-state index < -0.39 is 17.7 Å². The fraction of sp³-hybridized carbons (Fsp3) is 0.100. The van der Waals surface area contributed by atoms with Crippen molar-refractivity contribution in [3.63, 3.8) is 0 Å². The van der Waals surface area contributed by atoms with E-state index in [1.165, 1.54) is 12.1 Å². The minimum atomic E-state index is -4.46. The molecule has 2 nitrogen and oxygen atoms in total. The van der Waals surface area contributed by atoms with Gasteiger partial charge in [0.2, 0.25) is 5.91 Å². The molecule has 0 aliphatic heterocycles. The fourth-order valence-corrected chi connectivity index (χ4v) is 0.999. The second kappa shape index (κ2) is 3.76. The van der Waals surface area contributed by atoms with E-state index in [0.717, 1.165) is 12.1 Å². The Bertz CT molecular complexity index is 392. The summed E-state index contributed by atoms with van der Waals surface area (Å²) in [7, 11) is 0. The van der Waals surface area contributed by atoms with E-state index in [2.05, 4.69) is 6.58 Å². The Morgan fingerprint density at radius 3 is 1.87 bits per heavy atom. The molecule has 1 aromatic rings. The number of halogens is 3. The average molecular weight is 215 g/mol. The first-order chi connectivity index (χ1) is 6.82. The smallest absolute Gasteiger partial charge is 0.366 e. The van der Waals surface area contributed by atoms with Gasteiger partial charge in [0.25, 0.3) is 0 Å². The second-order valence-electron chi connectivity index (χ2n) is 2.92. The molecule has 0 atom stereocenters. The molecule has 0 spiro atoms. The Hall–Kier alpha value is -1.78. The van der Waals surface area contributed by atoms with Crippen molar-refractivity contribution >= 4 is 11.5 Å². The van der Waals surface area contributed by atoms with Gasteiger partial charge in [0.1, 0.15) is 0 Å². The number of hydrogen-bond donors (Lipinski definition) is 1. The summed E-state index contributed by atoms with van der Waals surface area (Å²) in [4.78, 5) is 10.7. The van der Waals surface area contributed by atoms with Crippen molar-refractivity contribution in [2.75, 3.05) is 0 Å². The van der Waals surface area contributed by atoms with Crippen molar-refractivity contribution in [3.8, 4) is 0 Å². The van der Waals surface area contributed by atoms with Gasteiger partial charge in [-0.15, -0.1) is 0 Å². The molecule has 0 fully saturated rings. The number of allylic oxidation sites excluding steroid dienone is 1. The molecule has 1 rings (SSSR count). The molecule has 0 aliphatic carbocycles. The van der Waals surface area contributed by atoms with Crippen LogP contribution in [0.5, 0.6) is 0 Å². The number of carbonyl (C=O) groups is 1. The zero-order chi connectivity index (χ0) is 11.6. The Kier molecular flexibility index (Phi) is 2.83. The van der Waals surface area contributed by atoms with Crippen LogP contribution in [0.25, 0.3) is 5.57 Å². The van der Waals surface area contributed by atoms with E-state index in [-0.39, 0.29) is 11.1 Å². The van der Waals surface area contributed by atoms with Crippen LogP contribution in [0.2, 0.25) is 0 Å². The van der Waals surface area contributed by atoms with Gasteiger partial charge in [-0.2, -0.15) is 13.2 Å². The standard InChI is InChI=1S/C10H8F3NO/c1-6(10(11,12)13)7-2-4-8(5-3-7)9(14)15/h2-5H,1H2,(H2,14,15). The van der Waals surface area contributed by atoms with Crippen molar-refractivity contribution in [2.45, 2.75) is 6.18 Å². The predicted molar refractivity (Wildman–Crippen MR) is 50.0 cm³/mol. The van der Waals surface area contributed by atoms with E-state index in [0.29, 0.717) is 0 Å². The molecule has 80 valence electrons. The lowest BCUT2D eigenvalue weighted by Crippen LogP contribution is -2.12. The summed E-state index contributed by atoms with van der Waals surface area (Å²) in [6, 6.07) is 4.79. The Balaban J connectivity index is 3.00. The summed E-state index contributed by atoms with van der Waals surface area (Å²) in [6.07, 6.45) is -4.46. The number of hydrogen-bond acceptors (Lipinski definition) is 1. The van der Waals surface area contributed by atoms with Crippen LogP contribution < -0.4 is 5.73 Å². The first-order valence-corrected chi connectivity index (χ1v) is 3.98. The molecule has 0 heterocycles. The van der Waals surface area contributed by atoms with E-state index in [1.807, 2.05) is 0 Å². The quantitative estimate of drug-likeness (QED) is 0.808. The predicted octanol–water partition coefficient (Wildman–Crippen LogP) is 2.36. The zero-order valence-electron chi connectivity index (χ0n) is 7.64. The van der Waals surface area contributed by atoms with Crippen LogP contribution in [0.15, 0.2) is 30.8 Å². The molecule has 0 saturated heterocycles. The van der Waals surface area contributed by atoms with Gasteiger partial charge in [0, 0.05) is 5.56 Å². The largest absolute Gasteiger partial charge is 0.416 e. The molecule has 0 saturated carbocycles. The van der Waals surface area contributed by atoms with Gasteiger partial charge in [0.15, 0.2) is 0 Å². The summed E-state index contributed by atoms with van der Waals surface area (Å²) in [5.74, 6) is -0.681. The van der Waals surface area contributed by atoms with Crippen LogP contribution in [0.1, 0.15) is 15.9 Å².